The van der Waals surface area contributed by atoms with E-state index in [4.69, 9.17) is 0 Å². The number of amides is 1. The molecule has 1 aromatic rings. The fourth-order valence-electron chi connectivity index (χ4n) is 7.25. The molecule has 0 spiro atoms. The van der Waals surface area contributed by atoms with Gasteiger partial charge in [0.1, 0.15) is 0 Å². The number of carbonyl (C=O) groups excluding carboxylic acids is 1. The van der Waals surface area contributed by atoms with Crippen molar-refractivity contribution < 1.29 is 13.2 Å². The van der Waals surface area contributed by atoms with E-state index in [0.717, 1.165) is 61.8 Å². The molecule has 1 N–H and O–H groups in total. The van der Waals surface area contributed by atoms with E-state index in [-0.39, 0.29) is 17.4 Å². The van der Waals surface area contributed by atoms with Crippen molar-refractivity contribution in [3.63, 3.8) is 0 Å². The molecule has 1 unspecified atom stereocenters. The van der Waals surface area contributed by atoms with Crippen LogP contribution in [0, 0.1) is 30.1 Å². The van der Waals surface area contributed by atoms with Gasteiger partial charge in [-0.1, -0.05) is 24.6 Å². The van der Waals surface area contributed by atoms with Crippen molar-refractivity contribution >= 4 is 15.9 Å². The molecule has 1 aromatic carbocycles. The third-order valence-electron chi connectivity index (χ3n) is 8.27. The molecule has 0 aromatic heterocycles. The zero-order valence-corrected chi connectivity index (χ0v) is 18.8. The van der Waals surface area contributed by atoms with Crippen LogP contribution in [0.1, 0.15) is 63.4 Å². The van der Waals surface area contributed by atoms with Crippen molar-refractivity contribution in [1.82, 2.24) is 9.62 Å². The molecule has 4 aliphatic carbocycles. The molecule has 0 radical (unpaired) electrons. The second-order valence-electron chi connectivity index (χ2n) is 10.4. The molecule has 4 saturated carbocycles. The van der Waals surface area contributed by atoms with Crippen LogP contribution in [0.3, 0.4) is 0 Å². The summed E-state index contributed by atoms with van der Waals surface area (Å²) in [7, 11) is -3.55. The summed E-state index contributed by atoms with van der Waals surface area (Å²) in [5, 5.41) is 3.23. The Kier molecular flexibility index (Phi) is 5.21. The molecule has 5 fully saturated rings. The Morgan fingerprint density at radius 1 is 1.07 bits per heavy atom. The minimum atomic E-state index is -3.55. The maximum absolute atomic E-state index is 13.4. The number of aryl methyl sites for hydroxylation is 1. The molecule has 1 heterocycles. The molecule has 5 nitrogen and oxygen atoms in total. The van der Waals surface area contributed by atoms with E-state index in [1.54, 1.807) is 16.4 Å². The lowest BCUT2D eigenvalue weighted by molar-refractivity contribution is -0.146. The summed E-state index contributed by atoms with van der Waals surface area (Å²) in [4.78, 5) is 13.7. The van der Waals surface area contributed by atoms with E-state index in [1.165, 1.54) is 19.3 Å². The topological polar surface area (TPSA) is 66.5 Å². The number of benzene rings is 1. The number of hydrogen-bond donors (Lipinski definition) is 1. The summed E-state index contributed by atoms with van der Waals surface area (Å²) in [5.74, 6) is 2.39. The third-order valence-corrected chi connectivity index (χ3v) is 10.4. The maximum Gasteiger partial charge on any atom is 0.243 e. The van der Waals surface area contributed by atoms with Crippen molar-refractivity contribution in [2.45, 2.75) is 75.6 Å². The van der Waals surface area contributed by atoms with Crippen LogP contribution in [-0.2, 0) is 14.8 Å². The van der Waals surface area contributed by atoms with Crippen LogP contribution in [0.2, 0.25) is 0 Å². The summed E-state index contributed by atoms with van der Waals surface area (Å²) in [6.07, 6.45) is 9.78. The molecular formula is C24H34N2O3S. The minimum Gasteiger partial charge on any atom is -0.354 e. The van der Waals surface area contributed by atoms with Crippen LogP contribution in [0.15, 0.2) is 29.2 Å². The highest BCUT2D eigenvalue weighted by molar-refractivity contribution is 7.89. The van der Waals surface area contributed by atoms with Gasteiger partial charge in [0.2, 0.25) is 15.9 Å². The average Bonchev–Trinajstić information content (AvgIpc) is 2.71. The molecule has 5 aliphatic rings. The molecule has 1 aliphatic heterocycles. The van der Waals surface area contributed by atoms with Gasteiger partial charge in [0, 0.05) is 24.5 Å². The van der Waals surface area contributed by atoms with Gasteiger partial charge in [-0.25, -0.2) is 8.42 Å². The largest absolute Gasteiger partial charge is 0.354 e. The molecule has 6 rings (SSSR count). The lowest BCUT2D eigenvalue weighted by Crippen LogP contribution is -2.56. The first-order chi connectivity index (χ1) is 14.4. The summed E-state index contributed by atoms with van der Waals surface area (Å²) in [6, 6.07) is 7.05. The second-order valence-corrected chi connectivity index (χ2v) is 12.3. The van der Waals surface area contributed by atoms with Crippen LogP contribution >= 0.6 is 0 Å². The highest BCUT2D eigenvalue weighted by Gasteiger charge is 2.54. The smallest absolute Gasteiger partial charge is 0.243 e. The van der Waals surface area contributed by atoms with Crippen molar-refractivity contribution in [3.05, 3.63) is 29.8 Å². The van der Waals surface area contributed by atoms with Crippen molar-refractivity contribution in [2.75, 3.05) is 13.1 Å². The average molecular weight is 431 g/mol. The number of sulfonamides is 1. The van der Waals surface area contributed by atoms with Gasteiger partial charge in [-0.3, -0.25) is 4.79 Å². The Labute approximate surface area is 180 Å². The van der Waals surface area contributed by atoms with Crippen LogP contribution in [0.25, 0.3) is 0 Å². The molecule has 6 heteroatoms. The summed E-state index contributed by atoms with van der Waals surface area (Å²) in [5.41, 5.74) is 0.600. The number of rotatable bonds is 5. The monoisotopic (exact) mass is 430 g/mol. The van der Waals surface area contributed by atoms with Gasteiger partial charge in [0.25, 0.3) is 0 Å². The van der Waals surface area contributed by atoms with Gasteiger partial charge in [-0.2, -0.15) is 4.31 Å². The number of hydrogen-bond acceptors (Lipinski definition) is 3. The number of nitrogens with one attached hydrogen (secondary N) is 1. The SMILES string of the molecule is Cc1ccccc1S(=O)(=O)N1CCCCC1CNC(=O)C12CC3CC(CC(C3)C1)C2. The zero-order chi connectivity index (χ0) is 20.9. The first-order valence-corrected chi connectivity index (χ1v) is 13.2. The van der Waals surface area contributed by atoms with Crippen molar-refractivity contribution in [2.24, 2.45) is 23.2 Å². The summed E-state index contributed by atoms with van der Waals surface area (Å²) >= 11 is 0. The zero-order valence-electron chi connectivity index (χ0n) is 18.0. The summed E-state index contributed by atoms with van der Waals surface area (Å²) in [6.45, 7) is 2.82. The van der Waals surface area contributed by atoms with E-state index in [2.05, 4.69) is 5.32 Å². The normalized spacial score (nSPS) is 36.0. The first-order valence-electron chi connectivity index (χ1n) is 11.7. The maximum atomic E-state index is 13.4. The Bertz CT molecular complexity index is 891. The Morgan fingerprint density at radius 2 is 1.70 bits per heavy atom. The van der Waals surface area contributed by atoms with E-state index >= 15 is 0 Å². The molecular weight excluding hydrogens is 396 g/mol. The van der Waals surface area contributed by atoms with E-state index in [1.807, 2.05) is 19.1 Å². The van der Waals surface area contributed by atoms with Crippen molar-refractivity contribution in [3.8, 4) is 0 Å². The lowest BCUT2D eigenvalue weighted by Gasteiger charge is -2.55. The molecule has 1 saturated heterocycles. The first kappa shape index (κ1) is 20.5. The van der Waals surface area contributed by atoms with E-state index < -0.39 is 10.0 Å². The Hall–Kier alpha value is -1.40. The van der Waals surface area contributed by atoms with Gasteiger partial charge in [-0.05, 0) is 87.7 Å². The van der Waals surface area contributed by atoms with Gasteiger partial charge < -0.3 is 5.32 Å². The number of nitrogens with zero attached hydrogens (tertiary/aromatic N) is 1. The van der Waals surface area contributed by atoms with E-state index in [9.17, 15) is 13.2 Å². The Morgan fingerprint density at radius 3 is 2.33 bits per heavy atom. The highest BCUT2D eigenvalue weighted by Crippen LogP contribution is 2.60. The van der Waals surface area contributed by atoms with Crippen LogP contribution in [-0.4, -0.2) is 37.8 Å². The number of carbonyl (C=O) groups is 1. The van der Waals surface area contributed by atoms with Gasteiger partial charge in [0.15, 0.2) is 0 Å². The van der Waals surface area contributed by atoms with Gasteiger partial charge in [-0.15, -0.1) is 0 Å². The fourth-order valence-corrected chi connectivity index (χ4v) is 9.17. The van der Waals surface area contributed by atoms with Gasteiger partial charge >= 0.3 is 0 Å². The number of piperidine rings is 1. The predicted octanol–water partition coefficient (Wildman–Crippen LogP) is 3.87. The predicted molar refractivity (Wildman–Crippen MR) is 116 cm³/mol. The summed E-state index contributed by atoms with van der Waals surface area (Å²) < 4.78 is 28.4. The third kappa shape index (κ3) is 3.50. The molecule has 30 heavy (non-hydrogen) atoms. The molecule has 1 amide bonds. The van der Waals surface area contributed by atoms with Crippen LogP contribution in [0.4, 0.5) is 0 Å². The molecule has 1 atom stereocenters. The minimum absolute atomic E-state index is 0.152. The second kappa shape index (κ2) is 7.63. The lowest BCUT2D eigenvalue weighted by atomic mass is 9.49. The van der Waals surface area contributed by atoms with Crippen molar-refractivity contribution in [1.29, 1.82) is 0 Å². The fraction of sp³-hybridized carbons (Fsp3) is 0.708. The standard InChI is InChI=1S/C24H34N2O3S/c1-17-6-2-3-8-22(17)30(28,29)26-9-5-4-7-21(26)16-25-23(27)24-13-18-10-19(14-24)12-20(11-18)15-24/h2-3,6,8,18-21H,4-5,7,9-16H2,1H3,(H,25,27). The van der Waals surface area contributed by atoms with E-state index in [0.29, 0.717) is 18.0 Å². The molecule has 4 bridgehead atoms. The Balaban J connectivity index is 1.30. The van der Waals surface area contributed by atoms with Crippen LogP contribution in [0.5, 0.6) is 0 Å². The molecule has 164 valence electrons. The highest BCUT2D eigenvalue weighted by atomic mass is 32.2. The van der Waals surface area contributed by atoms with Crippen LogP contribution < -0.4 is 5.32 Å². The van der Waals surface area contributed by atoms with Gasteiger partial charge in [0.05, 0.1) is 4.90 Å². The quantitative estimate of drug-likeness (QED) is 0.771.